The summed E-state index contributed by atoms with van der Waals surface area (Å²) in [5.41, 5.74) is 0.529. The molecule has 6 heteroatoms. The molecule has 0 aliphatic rings. The lowest BCUT2D eigenvalue weighted by molar-refractivity contribution is -0.120. The molecule has 0 saturated heterocycles. The van der Waals surface area contributed by atoms with E-state index in [4.69, 9.17) is 4.74 Å². The molecular weight excluding hydrogens is 246 g/mol. The fraction of sp³-hybridized carbons (Fsp3) is 0.385. The van der Waals surface area contributed by atoms with Gasteiger partial charge in [0.05, 0.1) is 13.7 Å². The van der Waals surface area contributed by atoms with Crippen LogP contribution in [0, 0.1) is 0 Å². The third-order valence-corrected chi connectivity index (χ3v) is 2.40. The largest absolute Gasteiger partial charge is 0.497 e. The molecule has 0 aromatic heterocycles. The standard InChI is InChI=1S/C13H19N3O3/c1-14-9-12(17)15-6-7-16-13(18)10-4-3-5-11(8-10)19-2/h3-5,8,14H,6-7,9H2,1-2H3,(H,15,17)(H,16,18). The Labute approximate surface area is 112 Å². The van der Waals surface area contributed by atoms with Gasteiger partial charge in [-0.1, -0.05) is 6.07 Å². The van der Waals surface area contributed by atoms with Crippen LogP contribution in [0.15, 0.2) is 24.3 Å². The van der Waals surface area contributed by atoms with E-state index in [9.17, 15) is 9.59 Å². The minimum Gasteiger partial charge on any atom is -0.497 e. The Kier molecular flexibility index (Phi) is 6.38. The van der Waals surface area contributed by atoms with Crippen LogP contribution in [0.25, 0.3) is 0 Å². The summed E-state index contributed by atoms with van der Waals surface area (Å²) in [7, 11) is 3.25. The van der Waals surface area contributed by atoms with Gasteiger partial charge in [0.15, 0.2) is 0 Å². The second kappa shape index (κ2) is 8.10. The highest BCUT2D eigenvalue weighted by molar-refractivity contribution is 5.94. The molecule has 0 unspecified atom stereocenters. The van der Waals surface area contributed by atoms with Gasteiger partial charge in [-0.2, -0.15) is 0 Å². The number of ether oxygens (including phenoxy) is 1. The number of nitrogens with one attached hydrogen (secondary N) is 3. The Morgan fingerprint density at radius 3 is 2.63 bits per heavy atom. The van der Waals surface area contributed by atoms with Crippen molar-refractivity contribution in [3.05, 3.63) is 29.8 Å². The lowest BCUT2D eigenvalue weighted by Gasteiger charge is -2.07. The van der Waals surface area contributed by atoms with Crippen molar-refractivity contribution in [1.29, 1.82) is 0 Å². The zero-order valence-corrected chi connectivity index (χ0v) is 11.2. The van der Waals surface area contributed by atoms with Crippen LogP contribution in [0.3, 0.4) is 0 Å². The minimum absolute atomic E-state index is 0.0990. The molecule has 0 aliphatic carbocycles. The van der Waals surface area contributed by atoms with E-state index in [1.807, 2.05) is 0 Å². The van der Waals surface area contributed by atoms with E-state index in [0.29, 0.717) is 24.4 Å². The van der Waals surface area contributed by atoms with E-state index >= 15 is 0 Å². The molecule has 0 bridgehead atoms. The van der Waals surface area contributed by atoms with Crippen molar-refractivity contribution < 1.29 is 14.3 Å². The maximum absolute atomic E-state index is 11.8. The molecule has 0 heterocycles. The Hall–Kier alpha value is -2.08. The number of carbonyl (C=O) groups is 2. The molecule has 0 aliphatic heterocycles. The van der Waals surface area contributed by atoms with Gasteiger partial charge >= 0.3 is 0 Å². The average molecular weight is 265 g/mol. The highest BCUT2D eigenvalue weighted by atomic mass is 16.5. The van der Waals surface area contributed by atoms with Gasteiger partial charge in [0.2, 0.25) is 5.91 Å². The van der Waals surface area contributed by atoms with Gasteiger partial charge in [-0.3, -0.25) is 9.59 Å². The van der Waals surface area contributed by atoms with Crippen LogP contribution in [0.5, 0.6) is 5.75 Å². The Bertz CT molecular complexity index is 435. The summed E-state index contributed by atoms with van der Waals surface area (Å²) in [6, 6.07) is 6.89. The Balaban J connectivity index is 2.33. The quantitative estimate of drug-likeness (QED) is 0.595. The molecular formula is C13H19N3O3. The maximum atomic E-state index is 11.8. The van der Waals surface area contributed by atoms with Crippen LogP contribution in [0.2, 0.25) is 0 Å². The third-order valence-electron chi connectivity index (χ3n) is 2.40. The van der Waals surface area contributed by atoms with Gasteiger partial charge in [0.25, 0.3) is 5.91 Å². The summed E-state index contributed by atoms with van der Waals surface area (Å²) in [4.78, 5) is 22.9. The van der Waals surface area contributed by atoms with Gasteiger partial charge in [0, 0.05) is 18.7 Å². The third kappa shape index (κ3) is 5.39. The lowest BCUT2D eigenvalue weighted by Crippen LogP contribution is -2.38. The zero-order valence-electron chi connectivity index (χ0n) is 11.2. The Morgan fingerprint density at radius 2 is 1.95 bits per heavy atom. The van der Waals surface area contributed by atoms with Crippen LogP contribution in [0.4, 0.5) is 0 Å². The minimum atomic E-state index is -0.193. The van der Waals surface area contributed by atoms with Gasteiger partial charge in [-0.05, 0) is 25.2 Å². The number of benzene rings is 1. The van der Waals surface area contributed by atoms with E-state index in [0.717, 1.165) is 0 Å². The van der Waals surface area contributed by atoms with E-state index < -0.39 is 0 Å². The summed E-state index contributed by atoms with van der Waals surface area (Å²) in [6.07, 6.45) is 0. The first-order chi connectivity index (χ1) is 9.17. The van der Waals surface area contributed by atoms with E-state index in [2.05, 4.69) is 16.0 Å². The maximum Gasteiger partial charge on any atom is 0.251 e. The molecule has 0 saturated carbocycles. The smallest absolute Gasteiger partial charge is 0.251 e. The first-order valence-electron chi connectivity index (χ1n) is 6.01. The fourth-order valence-electron chi connectivity index (χ4n) is 1.47. The highest BCUT2D eigenvalue weighted by Crippen LogP contribution is 2.11. The molecule has 0 atom stereocenters. The predicted octanol–water partition coefficient (Wildman–Crippen LogP) is -0.239. The van der Waals surface area contributed by atoms with Crippen molar-refractivity contribution in [3.63, 3.8) is 0 Å². The molecule has 3 N–H and O–H groups in total. The molecule has 6 nitrogen and oxygen atoms in total. The van der Waals surface area contributed by atoms with Gasteiger partial charge in [-0.25, -0.2) is 0 Å². The van der Waals surface area contributed by atoms with Crippen LogP contribution in [0.1, 0.15) is 10.4 Å². The fourth-order valence-corrected chi connectivity index (χ4v) is 1.47. The van der Waals surface area contributed by atoms with Crippen LogP contribution < -0.4 is 20.7 Å². The van der Waals surface area contributed by atoms with Crippen molar-refractivity contribution in [3.8, 4) is 5.75 Å². The summed E-state index contributed by atoms with van der Waals surface area (Å²) in [6.45, 7) is 1.05. The van der Waals surface area contributed by atoms with Gasteiger partial charge in [-0.15, -0.1) is 0 Å². The van der Waals surface area contributed by atoms with Crippen molar-refractivity contribution in [2.45, 2.75) is 0 Å². The van der Waals surface area contributed by atoms with Crippen molar-refractivity contribution in [2.24, 2.45) is 0 Å². The number of methoxy groups -OCH3 is 1. The van der Waals surface area contributed by atoms with Crippen molar-refractivity contribution in [1.82, 2.24) is 16.0 Å². The zero-order chi connectivity index (χ0) is 14.1. The van der Waals surface area contributed by atoms with E-state index in [1.54, 1.807) is 38.4 Å². The number of hydrogen-bond donors (Lipinski definition) is 3. The second-order valence-corrected chi connectivity index (χ2v) is 3.87. The summed E-state index contributed by atoms with van der Waals surface area (Å²) >= 11 is 0. The molecule has 104 valence electrons. The number of amides is 2. The highest BCUT2D eigenvalue weighted by Gasteiger charge is 2.06. The molecule has 1 aromatic carbocycles. The van der Waals surface area contributed by atoms with E-state index in [-0.39, 0.29) is 18.4 Å². The summed E-state index contributed by atoms with van der Waals surface area (Å²) < 4.78 is 5.05. The summed E-state index contributed by atoms with van der Waals surface area (Å²) in [5, 5.41) is 8.13. The molecule has 1 rings (SSSR count). The monoisotopic (exact) mass is 265 g/mol. The van der Waals surface area contributed by atoms with Gasteiger partial charge in [0.1, 0.15) is 5.75 Å². The molecule has 0 spiro atoms. The predicted molar refractivity (Wildman–Crippen MR) is 72.3 cm³/mol. The van der Waals surface area contributed by atoms with Gasteiger partial charge < -0.3 is 20.7 Å². The first kappa shape index (κ1) is 15.0. The van der Waals surface area contributed by atoms with Crippen LogP contribution in [-0.2, 0) is 4.79 Å². The topological polar surface area (TPSA) is 79.5 Å². The van der Waals surface area contributed by atoms with E-state index in [1.165, 1.54) is 0 Å². The number of hydrogen-bond acceptors (Lipinski definition) is 4. The number of likely N-dealkylation sites (N-methyl/N-ethyl adjacent to an activating group) is 1. The number of carbonyl (C=O) groups excluding carboxylic acids is 2. The average Bonchev–Trinajstić information content (AvgIpc) is 2.43. The van der Waals surface area contributed by atoms with Crippen LogP contribution >= 0.6 is 0 Å². The normalized spacial score (nSPS) is 9.79. The summed E-state index contributed by atoms with van der Waals surface area (Å²) in [5.74, 6) is 0.342. The van der Waals surface area contributed by atoms with Crippen molar-refractivity contribution >= 4 is 11.8 Å². The molecule has 0 radical (unpaired) electrons. The molecule has 1 aromatic rings. The SMILES string of the molecule is CNCC(=O)NCCNC(=O)c1cccc(OC)c1. The molecule has 19 heavy (non-hydrogen) atoms. The number of rotatable bonds is 7. The van der Waals surface area contributed by atoms with Crippen LogP contribution in [-0.4, -0.2) is 45.6 Å². The van der Waals surface area contributed by atoms with Crippen molar-refractivity contribution in [2.75, 3.05) is 33.8 Å². The molecule has 2 amide bonds. The second-order valence-electron chi connectivity index (χ2n) is 3.87. The first-order valence-corrected chi connectivity index (χ1v) is 6.01. The Morgan fingerprint density at radius 1 is 1.21 bits per heavy atom. The molecule has 0 fully saturated rings. The lowest BCUT2D eigenvalue weighted by atomic mass is 10.2.